The Morgan fingerprint density at radius 2 is 2.38 bits per heavy atom. The van der Waals surface area contributed by atoms with Crippen molar-refractivity contribution >= 4 is 17.7 Å². The zero-order chi connectivity index (χ0) is 15.2. The molecule has 2 heterocycles. The summed E-state index contributed by atoms with van der Waals surface area (Å²) in [5, 5.41) is 6.78. The molecule has 0 spiro atoms. The fraction of sp³-hybridized carbons (Fsp3) is 0.786. The van der Waals surface area contributed by atoms with Crippen molar-refractivity contribution in [3.05, 3.63) is 11.7 Å². The second-order valence-corrected chi connectivity index (χ2v) is 6.55. The van der Waals surface area contributed by atoms with E-state index in [1.807, 2.05) is 6.26 Å². The fourth-order valence-corrected chi connectivity index (χ4v) is 2.92. The van der Waals surface area contributed by atoms with Crippen LogP contribution in [0.25, 0.3) is 0 Å². The summed E-state index contributed by atoms with van der Waals surface area (Å²) in [6.07, 6.45) is 4.02. The molecule has 118 valence electrons. The maximum absolute atomic E-state index is 12.2. The number of aromatic nitrogens is 2. The van der Waals surface area contributed by atoms with E-state index in [2.05, 4.69) is 34.2 Å². The van der Waals surface area contributed by atoms with Gasteiger partial charge in [-0.15, -0.1) is 0 Å². The second-order valence-electron chi connectivity index (χ2n) is 5.68. The maximum Gasteiger partial charge on any atom is 0.246 e. The number of hydrogen-bond donors (Lipinski definition) is 1. The maximum atomic E-state index is 12.2. The third-order valence-electron chi connectivity index (χ3n) is 3.75. The van der Waals surface area contributed by atoms with Crippen LogP contribution in [0.5, 0.6) is 0 Å². The van der Waals surface area contributed by atoms with E-state index in [0.717, 1.165) is 31.7 Å². The lowest BCUT2D eigenvalue weighted by atomic mass is 9.96. The number of rotatable bonds is 6. The minimum atomic E-state index is 0.0646. The molecule has 0 aromatic carbocycles. The van der Waals surface area contributed by atoms with E-state index in [4.69, 9.17) is 4.52 Å². The molecule has 1 fully saturated rings. The van der Waals surface area contributed by atoms with E-state index < -0.39 is 0 Å². The normalized spacial score (nSPS) is 19.9. The SMILES string of the molecule is CSCc1noc(CNC(=O)[C@@H]2CCCN(C(C)C)C2)n1. The molecule has 0 unspecified atom stereocenters. The molecule has 1 saturated heterocycles. The number of carbonyl (C=O) groups is 1. The first-order valence-electron chi connectivity index (χ1n) is 7.42. The van der Waals surface area contributed by atoms with Crippen LogP contribution in [0.2, 0.25) is 0 Å². The zero-order valence-corrected chi connectivity index (χ0v) is 13.8. The fourth-order valence-electron chi connectivity index (χ4n) is 2.55. The van der Waals surface area contributed by atoms with Crippen LogP contribution in [-0.4, -0.2) is 46.3 Å². The van der Waals surface area contributed by atoms with Gasteiger partial charge in [-0.2, -0.15) is 16.7 Å². The highest BCUT2D eigenvalue weighted by Crippen LogP contribution is 2.18. The monoisotopic (exact) mass is 312 g/mol. The van der Waals surface area contributed by atoms with Gasteiger partial charge in [0, 0.05) is 12.6 Å². The highest BCUT2D eigenvalue weighted by atomic mass is 32.2. The van der Waals surface area contributed by atoms with E-state index in [1.165, 1.54) is 0 Å². The number of likely N-dealkylation sites (tertiary alicyclic amines) is 1. The van der Waals surface area contributed by atoms with Gasteiger partial charge in [0.05, 0.1) is 18.2 Å². The van der Waals surface area contributed by atoms with Crippen molar-refractivity contribution in [3.63, 3.8) is 0 Å². The van der Waals surface area contributed by atoms with Crippen LogP contribution in [0.1, 0.15) is 38.4 Å². The lowest BCUT2D eigenvalue weighted by Gasteiger charge is -2.34. The Balaban J connectivity index is 1.80. The molecule has 2 rings (SSSR count). The number of amides is 1. The number of carbonyl (C=O) groups excluding carboxylic acids is 1. The summed E-state index contributed by atoms with van der Waals surface area (Å²) < 4.78 is 5.11. The molecule has 0 radical (unpaired) electrons. The highest BCUT2D eigenvalue weighted by molar-refractivity contribution is 7.97. The first-order chi connectivity index (χ1) is 10.1. The van der Waals surface area contributed by atoms with Gasteiger partial charge in [-0.25, -0.2) is 0 Å². The number of nitrogens with zero attached hydrogens (tertiary/aromatic N) is 3. The largest absolute Gasteiger partial charge is 0.347 e. The molecule has 1 aliphatic rings. The van der Waals surface area contributed by atoms with Crippen LogP contribution in [-0.2, 0) is 17.1 Å². The molecule has 7 heteroatoms. The summed E-state index contributed by atoms with van der Waals surface area (Å²) in [4.78, 5) is 18.8. The summed E-state index contributed by atoms with van der Waals surface area (Å²) in [7, 11) is 0. The lowest BCUT2D eigenvalue weighted by Crippen LogP contribution is -2.45. The van der Waals surface area contributed by atoms with Crippen molar-refractivity contribution in [2.75, 3.05) is 19.3 Å². The van der Waals surface area contributed by atoms with Gasteiger partial charge in [0.1, 0.15) is 0 Å². The lowest BCUT2D eigenvalue weighted by molar-refractivity contribution is -0.127. The number of nitrogens with one attached hydrogen (secondary N) is 1. The second kappa shape index (κ2) is 7.79. The van der Waals surface area contributed by atoms with Crippen LogP contribution in [0, 0.1) is 5.92 Å². The average molecular weight is 312 g/mol. The van der Waals surface area contributed by atoms with Gasteiger partial charge >= 0.3 is 0 Å². The first-order valence-corrected chi connectivity index (χ1v) is 8.81. The van der Waals surface area contributed by atoms with Gasteiger partial charge in [-0.05, 0) is 39.5 Å². The first kappa shape index (κ1) is 16.3. The minimum absolute atomic E-state index is 0.0646. The van der Waals surface area contributed by atoms with Crippen LogP contribution in [0.4, 0.5) is 0 Å². The molecule has 1 aliphatic heterocycles. The molecule has 1 aromatic heterocycles. The minimum Gasteiger partial charge on any atom is -0.347 e. The van der Waals surface area contributed by atoms with Crippen molar-refractivity contribution in [1.82, 2.24) is 20.4 Å². The van der Waals surface area contributed by atoms with Crippen LogP contribution in [0.3, 0.4) is 0 Å². The molecular weight excluding hydrogens is 288 g/mol. The van der Waals surface area contributed by atoms with E-state index >= 15 is 0 Å². The zero-order valence-electron chi connectivity index (χ0n) is 13.0. The molecule has 1 amide bonds. The summed E-state index contributed by atoms with van der Waals surface area (Å²) >= 11 is 1.64. The molecular formula is C14H24N4O2S. The Bertz CT molecular complexity index is 464. The Labute approximate surface area is 130 Å². The summed E-state index contributed by atoms with van der Waals surface area (Å²) in [6, 6.07) is 0.491. The van der Waals surface area contributed by atoms with Crippen molar-refractivity contribution < 1.29 is 9.32 Å². The third kappa shape index (κ3) is 4.71. The third-order valence-corrected chi connectivity index (χ3v) is 4.30. The number of thioether (sulfide) groups is 1. The predicted molar refractivity (Wildman–Crippen MR) is 82.8 cm³/mol. The van der Waals surface area contributed by atoms with Crippen LogP contribution in [0.15, 0.2) is 4.52 Å². The molecule has 0 aliphatic carbocycles. The summed E-state index contributed by atoms with van der Waals surface area (Å²) in [6.45, 7) is 6.59. The molecule has 1 atom stereocenters. The Hall–Kier alpha value is -1.08. The van der Waals surface area contributed by atoms with Crippen LogP contribution < -0.4 is 5.32 Å². The quantitative estimate of drug-likeness (QED) is 0.861. The predicted octanol–water partition coefficient (Wildman–Crippen LogP) is 1.67. The van der Waals surface area contributed by atoms with Gasteiger partial charge in [0.25, 0.3) is 0 Å². The average Bonchev–Trinajstić information content (AvgIpc) is 2.93. The van der Waals surface area contributed by atoms with Gasteiger partial charge in [0.15, 0.2) is 5.82 Å². The Morgan fingerprint density at radius 3 is 3.10 bits per heavy atom. The standard InChI is InChI=1S/C14H24N4O2S/c1-10(2)18-6-4-5-11(8-18)14(19)15-7-13-16-12(9-21-3)17-20-13/h10-11H,4-9H2,1-3H3,(H,15,19)/t11-/m1/s1. The van der Waals surface area contributed by atoms with Crippen molar-refractivity contribution in [1.29, 1.82) is 0 Å². The smallest absolute Gasteiger partial charge is 0.246 e. The van der Waals surface area contributed by atoms with E-state index in [1.54, 1.807) is 11.8 Å². The highest BCUT2D eigenvalue weighted by Gasteiger charge is 2.26. The van der Waals surface area contributed by atoms with Crippen molar-refractivity contribution in [2.24, 2.45) is 5.92 Å². The van der Waals surface area contributed by atoms with E-state index in [9.17, 15) is 4.79 Å². The van der Waals surface area contributed by atoms with Crippen molar-refractivity contribution in [2.45, 2.75) is 45.0 Å². The van der Waals surface area contributed by atoms with Crippen LogP contribution >= 0.6 is 11.8 Å². The summed E-state index contributed by atoms with van der Waals surface area (Å²) in [5.74, 6) is 2.03. The van der Waals surface area contributed by atoms with Crippen molar-refractivity contribution in [3.8, 4) is 0 Å². The molecule has 21 heavy (non-hydrogen) atoms. The Kier molecular flexibility index (Phi) is 6.05. The number of hydrogen-bond acceptors (Lipinski definition) is 6. The number of piperidine rings is 1. The Morgan fingerprint density at radius 1 is 1.57 bits per heavy atom. The molecule has 1 aromatic rings. The molecule has 1 N–H and O–H groups in total. The van der Waals surface area contributed by atoms with E-state index in [-0.39, 0.29) is 11.8 Å². The molecule has 6 nitrogen and oxygen atoms in total. The summed E-state index contributed by atoms with van der Waals surface area (Å²) in [5.41, 5.74) is 0. The molecule has 0 bridgehead atoms. The van der Waals surface area contributed by atoms with Gasteiger partial charge in [-0.1, -0.05) is 5.16 Å². The van der Waals surface area contributed by atoms with E-state index in [0.29, 0.717) is 24.3 Å². The van der Waals surface area contributed by atoms with Gasteiger partial charge < -0.3 is 14.7 Å². The van der Waals surface area contributed by atoms with Gasteiger partial charge in [0.2, 0.25) is 11.8 Å². The van der Waals surface area contributed by atoms with Gasteiger partial charge in [-0.3, -0.25) is 4.79 Å². The topological polar surface area (TPSA) is 71.3 Å². The molecule has 0 saturated carbocycles.